The van der Waals surface area contributed by atoms with Crippen molar-refractivity contribution in [1.82, 2.24) is 0 Å². The van der Waals surface area contributed by atoms with Gasteiger partial charge in [-0.05, 0) is 19.3 Å². The van der Waals surface area contributed by atoms with Gasteiger partial charge in [-0.15, -0.1) is 0 Å². The van der Waals surface area contributed by atoms with E-state index in [0.717, 1.165) is 0 Å². The molecule has 2 aliphatic carbocycles. The fourth-order valence-electron chi connectivity index (χ4n) is 11.3. The number of hydrogen-bond acceptors (Lipinski definition) is 37. The first-order valence-corrected chi connectivity index (χ1v) is 33.9. The van der Waals surface area contributed by atoms with Gasteiger partial charge in [0.05, 0.1) is 87.2 Å². The Hall–Kier alpha value is 0.0800. The van der Waals surface area contributed by atoms with E-state index in [4.69, 9.17) is 120 Å². The summed E-state index contributed by atoms with van der Waals surface area (Å²) in [5.74, 6) is 2.97. The standard InChI is InChI=1S/C49H97N11O22S4/c50-12-23-22(61)11-21(57)45(73-23)78-40-18(54)10-19(55)41(38(40)69)79-48-37(68)28(58)32(63)26(76-48)15-83-5-1-71-3-7-85-86-8-4-72-2-6-84-16-27-43(81-47-30(60)36(67)34(65)25(14-52)75-47)39(70)49(77-27)82-44-31(62)17(53)9-20(56)42(44)80-46-29(59)35(66)33(64)24(13-51)74-46/h17-49,61-70H,1-16,50-60H2/t17-,18+,19?,20?,21+,22+,23?,24?,25+,26?,27-,28?,29+,30-,31-,32-,33-,34?,35?,36+,37?,38?,39+,40+,41+,42-,43+,44?,45-,46-,47?,48-,49+/m1/s1. The van der Waals surface area contributed by atoms with Crippen molar-refractivity contribution in [1.29, 1.82) is 0 Å². The predicted octanol–water partition coefficient (Wildman–Crippen LogP) is -11.3. The van der Waals surface area contributed by atoms with Crippen LogP contribution >= 0.6 is 45.1 Å². The highest BCUT2D eigenvalue weighted by molar-refractivity contribution is 8.76. The predicted molar refractivity (Wildman–Crippen MR) is 314 cm³/mol. The average Bonchev–Trinajstić information content (AvgIpc) is 2.28. The molecule has 33 atom stereocenters. The maximum Gasteiger partial charge on any atom is 0.187 e. The molecule has 37 heteroatoms. The number of aliphatic hydroxyl groups is 10. The van der Waals surface area contributed by atoms with Crippen molar-refractivity contribution in [3.8, 4) is 0 Å². The minimum absolute atomic E-state index is 0.0224. The monoisotopic (exact) mass is 1320 g/mol. The molecule has 12 unspecified atom stereocenters. The van der Waals surface area contributed by atoms with E-state index < -0.39 is 202 Å². The Balaban J connectivity index is 0.794. The molecule has 7 fully saturated rings. The normalized spacial score (nSPS) is 47.8. The molecule has 0 spiro atoms. The van der Waals surface area contributed by atoms with Crippen molar-refractivity contribution in [3.05, 3.63) is 0 Å². The molecule has 504 valence electrons. The lowest BCUT2D eigenvalue weighted by molar-refractivity contribution is -0.309. The van der Waals surface area contributed by atoms with Gasteiger partial charge in [0.1, 0.15) is 85.5 Å². The summed E-state index contributed by atoms with van der Waals surface area (Å²) in [6.07, 6.45) is -30.3. The molecular weight excluding hydrogens is 1220 g/mol. The van der Waals surface area contributed by atoms with Crippen LogP contribution in [0.5, 0.6) is 0 Å². The van der Waals surface area contributed by atoms with Crippen LogP contribution in [0.15, 0.2) is 0 Å². The molecule has 0 amide bonds. The number of rotatable bonds is 30. The first kappa shape index (κ1) is 73.5. The van der Waals surface area contributed by atoms with Gasteiger partial charge in [0.15, 0.2) is 31.5 Å². The van der Waals surface area contributed by atoms with Crippen LogP contribution in [-0.2, 0) is 56.8 Å². The molecule has 5 aliphatic heterocycles. The number of aliphatic hydroxyl groups excluding tert-OH is 10. The van der Waals surface area contributed by atoms with Gasteiger partial charge in [-0.3, -0.25) is 0 Å². The third-order valence-electron chi connectivity index (χ3n) is 16.4. The molecule has 33 nitrogen and oxygen atoms in total. The van der Waals surface area contributed by atoms with Crippen molar-refractivity contribution < 1.29 is 108 Å². The quantitative estimate of drug-likeness (QED) is 0.0235. The third-order valence-corrected chi connectivity index (χ3v) is 20.8. The van der Waals surface area contributed by atoms with E-state index >= 15 is 0 Å². The van der Waals surface area contributed by atoms with Crippen molar-refractivity contribution >= 4 is 45.1 Å². The summed E-state index contributed by atoms with van der Waals surface area (Å²) >= 11 is 2.87. The van der Waals surface area contributed by atoms with E-state index in [9.17, 15) is 51.1 Å². The minimum atomic E-state index is -1.57. The molecule has 0 bridgehead atoms. The van der Waals surface area contributed by atoms with Crippen LogP contribution in [0.4, 0.5) is 0 Å². The van der Waals surface area contributed by atoms with Crippen LogP contribution in [-0.4, -0.2) is 334 Å². The van der Waals surface area contributed by atoms with Crippen LogP contribution < -0.4 is 63.1 Å². The molecule has 5 saturated heterocycles. The summed E-state index contributed by atoms with van der Waals surface area (Å²) in [6.45, 7) is 1.38. The summed E-state index contributed by atoms with van der Waals surface area (Å²) in [7, 11) is 3.24. The second-order valence-corrected chi connectivity index (χ2v) is 27.7. The van der Waals surface area contributed by atoms with Crippen LogP contribution in [0.2, 0.25) is 0 Å². The van der Waals surface area contributed by atoms with E-state index in [1.165, 1.54) is 23.5 Å². The minimum Gasteiger partial charge on any atom is -0.390 e. The molecule has 7 rings (SSSR count). The Labute approximate surface area is 515 Å². The van der Waals surface area contributed by atoms with Crippen LogP contribution in [0.3, 0.4) is 0 Å². The Morgan fingerprint density at radius 2 is 0.744 bits per heavy atom. The van der Waals surface area contributed by atoms with Crippen LogP contribution in [0, 0.1) is 0 Å². The first-order chi connectivity index (χ1) is 41.0. The van der Waals surface area contributed by atoms with E-state index in [1.807, 2.05) is 0 Å². The Morgan fingerprint density at radius 1 is 0.326 bits per heavy atom. The zero-order valence-electron chi connectivity index (χ0n) is 47.7. The van der Waals surface area contributed by atoms with Crippen LogP contribution in [0.25, 0.3) is 0 Å². The van der Waals surface area contributed by atoms with Gasteiger partial charge in [-0.1, -0.05) is 21.6 Å². The van der Waals surface area contributed by atoms with Crippen molar-refractivity contribution in [2.24, 2.45) is 63.1 Å². The van der Waals surface area contributed by atoms with Crippen molar-refractivity contribution in [2.45, 2.75) is 221 Å². The second kappa shape index (κ2) is 35.0. The van der Waals surface area contributed by atoms with Gasteiger partial charge in [0, 0.05) is 78.3 Å². The van der Waals surface area contributed by atoms with Gasteiger partial charge >= 0.3 is 0 Å². The first-order valence-electron chi connectivity index (χ1n) is 29.1. The Morgan fingerprint density at radius 3 is 1.29 bits per heavy atom. The van der Waals surface area contributed by atoms with Gasteiger partial charge in [0.25, 0.3) is 0 Å². The Bertz CT molecular complexity index is 1970. The largest absolute Gasteiger partial charge is 0.390 e. The molecule has 0 aromatic carbocycles. The molecule has 86 heavy (non-hydrogen) atoms. The zero-order valence-corrected chi connectivity index (χ0v) is 51.0. The van der Waals surface area contributed by atoms with E-state index in [-0.39, 0.29) is 50.4 Å². The maximum atomic E-state index is 11.8. The summed E-state index contributed by atoms with van der Waals surface area (Å²) in [5.41, 5.74) is 67.7. The zero-order chi connectivity index (χ0) is 62.7. The summed E-state index contributed by atoms with van der Waals surface area (Å²) in [6, 6.07) is -7.67. The van der Waals surface area contributed by atoms with Gasteiger partial charge in [-0.2, -0.15) is 23.5 Å². The maximum absolute atomic E-state index is 11.8. The van der Waals surface area contributed by atoms with Gasteiger partial charge < -0.3 is 171 Å². The third kappa shape index (κ3) is 18.5. The lowest BCUT2D eigenvalue weighted by atomic mass is 9.84. The molecule has 2 saturated carbocycles. The van der Waals surface area contributed by atoms with E-state index in [0.29, 0.717) is 49.4 Å². The fourth-order valence-corrected chi connectivity index (χ4v) is 14.8. The molecule has 5 heterocycles. The number of ether oxygens (including phenoxy) is 12. The molecule has 0 radical (unpaired) electrons. The molecule has 0 aromatic rings. The lowest BCUT2D eigenvalue weighted by Gasteiger charge is -2.48. The number of thioether (sulfide) groups is 2. The van der Waals surface area contributed by atoms with Gasteiger partial charge in [0.2, 0.25) is 0 Å². The molecule has 32 N–H and O–H groups in total. The number of hydrogen-bond donors (Lipinski definition) is 21. The lowest BCUT2D eigenvalue weighted by Crippen LogP contribution is -2.68. The summed E-state index contributed by atoms with van der Waals surface area (Å²) in [4.78, 5) is 0. The average molecular weight is 1320 g/mol. The van der Waals surface area contributed by atoms with Gasteiger partial charge in [-0.25, -0.2) is 0 Å². The van der Waals surface area contributed by atoms with E-state index in [2.05, 4.69) is 0 Å². The Kier molecular flexibility index (Phi) is 29.9. The van der Waals surface area contributed by atoms with Crippen molar-refractivity contribution in [2.75, 3.05) is 80.6 Å². The van der Waals surface area contributed by atoms with Crippen molar-refractivity contribution in [3.63, 3.8) is 0 Å². The number of nitrogens with two attached hydrogens (primary N) is 11. The molecular formula is C49H97N11O22S4. The smallest absolute Gasteiger partial charge is 0.187 e. The highest BCUT2D eigenvalue weighted by Gasteiger charge is 2.56. The SMILES string of the molecule is NCC1O[C@H](O[C@@H]2C(N)C[C@@H](N)[C@@H](O)C2O[C@@H]2O[C@H](CSCCOCCSSCCOCCSCC3O[C@H](O[C@H]4C(N)C[C@H](N)[C@H](O[C@H]5OC(CN)[C@@H](O)C[C@@H]5N)C4O)C(O)C(N)[C@@H]3O)[C@H](OC3O[C@@H](CN)C(O)[C@@H](O)[C@H]3N)[C@@H]2O)[C@@H](N)C(O)[C@@H]1O. The van der Waals surface area contributed by atoms with Crippen LogP contribution in [0.1, 0.15) is 19.3 Å². The second-order valence-electron chi connectivity index (χ2n) is 22.7. The molecule has 7 aliphatic rings. The summed E-state index contributed by atoms with van der Waals surface area (Å²) in [5, 5.41) is 109. The topological polar surface area (TPSA) is 599 Å². The molecule has 0 aromatic heterocycles. The summed E-state index contributed by atoms with van der Waals surface area (Å²) < 4.78 is 72.2. The highest BCUT2D eigenvalue weighted by atomic mass is 33.1. The van der Waals surface area contributed by atoms with E-state index in [1.54, 1.807) is 21.6 Å². The fraction of sp³-hybridized carbons (Fsp3) is 1.00. The highest BCUT2D eigenvalue weighted by Crippen LogP contribution is 2.37.